The Morgan fingerprint density at radius 1 is 1.58 bits per heavy atom. The van der Waals surface area contributed by atoms with Crippen LogP contribution in [-0.4, -0.2) is 35.0 Å². The zero-order chi connectivity index (χ0) is 14.3. The molecule has 0 aliphatic rings. The Kier molecular flexibility index (Phi) is 6.66. The molecule has 1 aromatic rings. The number of nitrogens with one attached hydrogen (secondary N) is 1. The highest BCUT2D eigenvalue weighted by Crippen LogP contribution is 2.19. The molecule has 0 aliphatic heterocycles. The minimum absolute atomic E-state index is 0.0163. The Morgan fingerprint density at radius 2 is 2.32 bits per heavy atom. The monoisotopic (exact) mass is 302 g/mol. The summed E-state index contributed by atoms with van der Waals surface area (Å²) < 4.78 is 4.56. The molecule has 1 atom stereocenters. The third-order valence-electron chi connectivity index (χ3n) is 2.21. The molecule has 5 nitrogen and oxygen atoms in total. The fourth-order valence-corrected chi connectivity index (χ4v) is 2.19. The van der Waals surface area contributed by atoms with Crippen molar-refractivity contribution in [2.75, 3.05) is 18.2 Å². The highest BCUT2D eigenvalue weighted by atomic mass is 35.5. The average Bonchev–Trinajstić information content (AvgIpc) is 2.39. The van der Waals surface area contributed by atoms with Crippen molar-refractivity contribution in [3.8, 4) is 0 Å². The van der Waals surface area contributed by atoms with Crippen molar-refractivity contribution >= 4 is 40.9 Å². The van der Waals surface area contributed by atoms with Crippen molar-refractivity contribution in [3.63, 3.8) is 0 Å². The van der Waals surface area contributed by atoms with E-state index in [1.54, 1.807) is 18.3 Å². The molecule has 104 valence electrons. The molecule has 19 heavy (non-hydrogen) atoms. The predicted octanol–water partition coefficient (Wildman–Crippen LogP) is 2.36. The lowest BCUT2D eigenvalue weighted by molar-refractivity contribution is -0.140. The van der Waals surface area contributed by atoms with Gasteiger partial charge in [-0.1, -0.05) is 18.5 Å². The minimum Gasteiger partial charge on any atom is -0.469 e. The summed E-state index contributed by atoms with van der Waals surface area (Å²) in [5.41, 5.74) is 0.482. The lowest BCUT2D eigenvalue weighted by atomic mass is 10.3. The van der Waals surface area contributed by atoms with Crippen molar-refractivity contribution in [2.45, 2.75) is 18.6 Å². The van der Waals surface area contributed by atoms with Gasteiger partial charge in [0.1, 0.15) is 0 Å². The number of anilines is 1. The third kappa shape index (κ3) is 5.94. The zero-order valence-electron chi connectivity index (χ0n) is 10.7. The van der Waals surface area contributed by atoms with E-state index in [1.807, 2.05) is 6.92 Å². The van der Waals surface area contributed by atoms with Gasteiger partial charge in [-0.05, 0) is 12.1 Å². The number of amides is 1. The Hall–Kier alpha value is -1.27. The molecular formula is C12H15ClN2O3S. The fourth-order valence-electron chi connectivity index (χ4n) is 1.26. The summed E-state index contributed by atoms with van der Waals surface area (Å²) in [6, 6.07) is 3.37. The average molecular weight is 303 g/mol. The SMILES string of the molecule is COC(=O)CC(C)SCC(=O)Nc1cccnc1Cl. The van der Waals surface area contributed by atoms with E-state index in [2.05, 4.69) is 15.0 Å². The lowest BCUT2D eigenvalue weighted by Gasteiger charge is -2.10. The number of thioether (sulfide) groups is 1. The molecule has 0 saturated carbocycles. The van der Waals surface area contributed by atoms with Crippen LogP contribution in [0.4, 0.5) is 5.69 Å². The van der Waals surface area contributed by atoms with Crippen molar-refractivity contribution in [1.82, 2.24) is 4.98 Å². The highest BCUT2D eigenvalue weighted by molar-refractivity contribution is 8.00. The number of ether oxygens (including phenoxy) is 1. The summed E-state index contributed by atoms with van der Waals surface area (Å²) in [6.45, 7) is 1.87. The summed E-state index contributed by atoms with van der Waals surface area (Å²) in [6.07, 6.45) is 1.83. The summed E-state index contributed by atoms with van der Waals surface area (Å²) in [4.78, 5) is 26.6. The topological polar surface area (TPSA) is 68.3 Å². The van der Waals surface area contributed by atoms with Crippen molar-refractivity contribution in [1.29, 1.82) is 0 Å². The number of carbonyl (C=O) groups is 2. The third-order valence-corrected chi connectivity index (χ3v) is 3.68. The van der Waals surface area contributed by atoms with Crippen LogP contribution in [0.1, 0.15) is 13.3 Å². The van der Waals surface area contributed by atoms with E-state index in [0.717, 1.165) is 0 Å². The molecule has 1 heterocycles. The molecule has 1 unspecified atom stereocenters. The van der Waals surface area contributed by atoms with Crippen LogP contribution in [0.15, 0.2) is 18.3 Å². The van der Waals surface area contributed by atoms with Gasteiger partial charge in [-0.3, -0.25) is 9.59 Å². The maximum atomic E-state index is 11.7. The quantitative estimate of drug-likeness (QED) is 0.645. The number of aromatic nitrogens is 1. The summed E-state index contributed by atoms with van der Waals surface area (Å²) in [5, 5.41) is 2.93. The molecule has 0 radical (unpaired) electrons. The molecule has 0 spiro atoms. The molecule has 7 heteroatoms. The Labute approximate surface area is 121 Å². The molecule has 0 fully saturated rings. The number of halogens is 1. The molecular weight excluding hydrogens is 288 g/mol. The first-order chi connectivity index (χ1) is 9.02. The number of methoxy groups -OCH3 is 1. The molecule has 1 N–H and O–H groups in total. The molecule has 1 aromatic heterocycles. The van der Waals surface area contributed by atoms with E-state index in [-0.39, 0.29) is 34.5 Å². The first-order valence-electron chi connectivity index (χ1n) is 5.61. The number of nitrogens with zero attached hydrogens (tertiary/aromatic N) is 1. The normalized spacial score (nSPS) is 11.7. The van der Waals surface area contributed by atoms with Crippen LogP contribution in [-0.2, 0) is 14.3 Å². The van der Waals surface area contributed by atoms with Gasteiger partial charge in [-0.15, -0.1) is 11.8 Å². The summed E-state index contributed by atoms with van der Waals surface area (Å²) in [7, 11) is 1.34. The van der Waals surface area contributed by atoms with E-state index in [9.17, 15) is 9.59 Å². The maximum Gasteiger partial charge on any atom is 0.306 e. The van der Waals surface area contributed by atoms with Gasteiger partial charge in [0.15, 0.2) is 5.15 Å². The second kappa shape index (κ2) is 8.01. The van der Waals surface area contributed by atoms with Crippen LogP contribution in [0.25, 0.3) is 0 Å². The van der Waals surface area contributed by atoms with Gasteiger partial charge in [0.25, 0.3) is 0 Å². The maximum absolute atomic E-state index is 11.7. The number of hydrogen-bond acceptors (Lipinski definition) is 5. The number of carbonyl (C=O) groups excluding carboxylic acids is 2. The van der Waals surface area contributed by atoms with E-state index in [4.69, 9.17) is 11.6 Å². The van der Waals surface area contributed by atoms with Crippen LogP contribution in [0.5, 0.6) is 0 Å². The van der Waals surface area contributed by atoms with Crippen molar-refractivity contribution in [2.24, 2.45) is 0 Å². The molecule has 0 saturated heterocycles. The van der Waals surface area contributed by atoms with Gasteiger partial charge in [-0.25, -0.2) is 4.98 Å². The first kappa shape index (κ1) is 15.8. The van der Waals surface area contributed by atoms with Crippen LogP contribution in [0.3, 0.4) is 0 Å². The Bertz CT molecular complexity index is 456. The highest BCUT2D eigenvalue weighted by Gasteiger charge is 2.12. The van der Waals surface area contributed by atoms with Crippen LogP contribution < -0.4 is 5.32 Å². The van der Waals surface area contributed by atoms with Crippen LogP contribution >= 0.6 is 23.4 Å². The second-order valence-corrected chi connectivity index (χ2v) is 5.58. The second-order valence-electron chi connectivity index (χ2n) is 3.79. The number of hydrogen-bond donors (Lipinski definition) is 1. The van der Waals surface area contributed by atoms with Crippen LogP contribution in [0, 0.1) is 0 Å². The van der Waals surface area contributed by atoms with E-state index < -0.39 is 0 Å². The van der Waals surface area contributed by atoms with Crippen molar-refractivity contribution < 1.29 is 14.3 Å². The van der Waals surface area contributed by atoms with Gasteiger partial charge in [0, 0.05) is 11.4 Å². The molecule has 0 aromatic carbocycles. The smallest absolute Gasteiger partial charge is 0.306 e. The summed E-state index contributed by atoms with van der Waals surface area (Å²) in [5.74, 6) is -0.226. The zero-order valence-corrected chi connectivity index (χ0v) is 12.3. The van der Waals surface area contributed by atoms with E-state index in [1.165, 1.54) is 18.9 Å². The van der Waals surface area contributed by atoms with Crippen molar-refractivity contribution in [3.05, 3.63) is 23.5 Å². The van der Waals surface area contributed by atoms with Gasteiger partial charge in [-0.2, -0.15) is 0 Å². The van der Waals surface area contributed by atoms with E-state index in [0.29, 0.717) is 5.69 Å². The number of pyridine rings is 1. The predicted molar refractivity (Wildman–Crippen MR) is 76.4 cm³/mol. The Morgan fingerprint density at radius 3 is 2.95 bits per heavy atom. The van der Waals surface area contributed by atoms with Gasteiger partial charge in [0.05, 0.1) is 25.0 Å². The molecule has 0 bridgehead atoms. The van der Waals surface area contributed by atoms with E-state index >= 15 is 0 Å². The van der Waals surface area contributed by atoms with Crippen LogP contribution in [0.2, 0.25) is 5.15 Å². The lowest BCUT2D eigenvalue weighted by Crippen LogP contribution is -2.17. The standard InChI is InChI=1S/C12H15ClN2O3S/c1-8(6-11(17)18-2)19-7-10(16)15-9-4-3-5-14-12(9)13/h3-5,8H,6-7H2,1-2H3,(H,15,16). The molecule has 1 rings (SSSR count). The number of rotatable bonds is 6. The molecule has 0 aliphatic carbocycles. The van der Waals surface area contributed by atoms with Gasteiger partial charge >= 0.3 is 5.97 Å². The Balaban J connectivity index is 2.36. The first-order valence-corrected chi connectivity index (χ1v) is 7.04. The summed E-state index contributed by atoms with van der Waals surface area (Å²) >= 11 is 7.20. The number of esters is 1. The fraction of sp³-hybridized carbons (Fsp3) is 0.417. The van der Waals surface area contributed by atoms with Gasteiger partial charge < -0.3 is 10.1 Å². The largest absolute Gasteiger partial charge is 0.469 e. The minimum atomic E-state index is -0.282. The van der Waals surface area contributed by atoms with Gasteiger partial charge in [0.2, 0.25) is 5.91 Å². The molecule has 1 amide bonds.